The molecular weight excluding hydrogens is 281 g/mol. The molecule has 1 atom stereocenters. The van der Waals surface area contributed by atoms with Crippen LogP contribution in [0.4, 0.5) is 0 Å². The molecule has 2 rings (SSSR count). The van der Waals surface area contributed by atoms with E-state index < -0.39 is 0 Å². The number of aryl methyl sites for hydroxylation is 1. The molecule has 0 amide bonds. The van der Waals surface area contributed by atoms with Gasteiger partial charge in [0.25, 0.3) is 0 Å². The molecule has 0 radical (unpaired) electrons. The maximum Gasteiger partial charge on any atom is 0.108 e. The molecule has 1 N–H and O–H groups in total. The molecule has 0 fully saturated rings. The molecule has 19 heavy (non-hydrogen) atoms. The van der Waals surface area contributed by atoms with Crippen LogP contribution in [0.25, 0.3) is 0 Å². The van der Waals surface area contributed by atoms with Crippen LogP contribution in [-0.2, 0) is 6.42 Å². The normalized spacial score (nSPS) is 12.6. The third-order valence-electron chi connectivity index (χ3n) is 3.09. The maximum atomic E-state index is 6.31. The van der Waals surface area contributed by atoms with Gasteiger partial charge in [-0.3, -0.25) is 0 Å². The molecule has 4 heteroatoms. The number of hydrogen-bond acceptors (Lipinski definition) is 2. The molecule has 1 heterocycles. The number of benzene rings is 1. The Balaban J connectivity index is 2.48. The lowest BCUT2D eigenvalue weighted by molar-refractivity contribution is 0.502. The van der Waals surface area contributed by atoms with E-state index in [2.05, 4.69) is 19.2 Å². The van der Waals surface area contributed by atoms with Crippen molar-refractivity contribution in [1.29, 1.82) is 0 Å². The molecule has 0 aliphatic carbocycles. The lowest BCUT2D eigenvalue weighted by atomic mass is 9.98. The minimum absolute atomic E-state index is 0.00454. The first-order valence-electron chi connectivity index (χ1n) is 6.42. The lowest BCUT2D eigenvalue weighted by Crippen LogP contribution is -2.22. The lowest BCUT2D eigenvalue weighted by Gasteiger charge is -2.20. The molecule has 2 nitrogen and oxygen atoms in total. The summed E-state index contributed by atoms with van der Waals surface area (Å²) in [4.78, 5) is 0. The number of halogens is 2. The van der Waals surface area contributed by atoms with Crippen molar-refractivity contribution in [2.24, 2.45) is 0 Å². The fourth-order valence-electron chi connectivity index (χ4n) is 2.22. The fourth-order valence-corrected chi connectivity index (χ4v) is 2.63. The summed E-state index contributed by atoms with van der Waals surface area (Å²) in [6, 6.07) is 7.53. The Bertz CT molecular complexity index is 551. The molecule has 0 aliphatic heterocycles. The highest BCUT2D eigenvalue weighted by atomic mass is 35.5. The van der Waals surface area contributed by atoms with E-state index in [4.69, 9.17) is 27.6 Å². The van der Waals surface area contributed by atoms with Gasteiger partial charge in [-0.25, -0.2) is 0 Å². The van der Waals surface area contributed by atoms with Crippen LogP contribution >= 0.6 is 23.2 Å². The van der Waals surface area contributed by atoms with E-state index in [-0.39, 0.29) is 6.04 Å². The van der Waals surface area contributed by atoms with E-state index >= 15 is 0 Å². The van der Waals surface area contributed by atoms with Crippen LogP contribution in [0, 0.1) is 0 Å². The van der Waals surface area contributed by atoms with E-state index in [9.17, 15) is 0 Å². The van der Waals surface area contributed by atoms with Gasteiger partial charge in [0.2, 0.25) is 0 Å². The average Bonchev–Trinajstić information content (AvgIpc) is 2.87. The molecule has 2 aromatic rings. The predicted octanol–water partition coefficient (Wildman–Crippen LogP) is 4.85. The van der Waals surface area contributed by atoms with E-state index in [1.807, 2.05) is 18.2 Å². The summed E-state index contributed by atoms with van der Waals surface area (Å²) in [5.41, 5.74) is 2.10. The zero-order valence-electron chi connectivity index (χ0n) is 11.0. The van der Waals surface area contributed by atoms with Gasteiger partial charge in [-0.1, -0.05) is 37.0 Å². The van der Waals surface area contributed by atoms with Gasteiger partial charge in [-0.15, -0.1) is 0 Å². The Hall–Kier alpha value is -0.960. The van der Waals surface area contributed by atoms with Crippen molar-refractivity contribution in [2.75, 3.05) is 6.54 Å². The van der Waals surface area contributed by atoms with Crippen LogP contribution in [0.1, 0.15) is 36.8 Å². The average molecular weight is 298 g/mol. The molecular formula is C15H17Cl2NO. The highest BCUT2D eigenvalue weighted by Crippen LogP contribution is 2.32. The van der Waals surface area contributed by atoms with Crippen LogP contribution in [0.3, 0.4) is 0 Å². The topological polar surface area (TPSA) is 25.2 Å². The van der Waals surface area contributed by atoms with Crippen molar-refractivity contribution in [2.45, 2.75) is 26.3 Å². The largest absolute Gasteiger partial charge is 0.469 e. The number of hydrogen-bond donors (Lipinski definition) is 1. The Morgan fingerprint density at radius 1 is 1.16 bits per heavy atom. The summed E-state index contributed by atoms with van der Waals surface area (Å²) >= 11 is 12.4. The molecule has 1 unspecified atom stereocenters. The molecule has 0 saturated heterocycles. The maximum absolute atomic E-state index is 6.31. The number of furan rings is 1. The minimum atomic E-state index is 0.00454. The zero-order chi connectivity index (χ0) is 13.8. The third-order valence-corrected chi connectivity index (χ3v) is 3.67. The van der Waals surface area contributed by atoms with E-state index in [1.54, 1.807) is 12.3 Å². The van der Waals surface area contributed by atoms with E-state index in [1.165, 1.54) is 0 Å². The highest BCUT2D eigenvalue weighted by molar-refractivity contribution is 6.33. The third kappa shape index (κ3) is 3.14. The SMILES string of the molecule is CCNC(c1cc(Cl)ccc1Cl)c1ccoc1CC. The minimum Gasteiger partial charge on any atom is -0.469 e. The van der Waals surface area contributed by atoms with Gasteiger partial charge in [0.05, 0.1) is 12.3 Å². The van der Waals surface area contributed by atoms with Crippen molar-refractivity contribution >= 4 is 23.2 Å². The first-order chi connectivity index (χ1) is 9.17. The van der Waals surface area contributed by atoms with Gasteiger partial charge in [0, 0.05) is 22.0 Å². The van der Waals surface area contributed by atoms with Crippen LogP contribution in [0.15, 0.2) is 34.9 Å². The van der Waals surface area contributed by atoms with Crippen LogP contribution in [0.5, 0.6) is 0 Å². The molecule has 0 bridgehead atoms. The Morgan fingerprint density at radius 3 is 2.63 bits per heavy atom. The summed E-state index contributed by atoms with van der Waals surface area (Å²) in [6.45, 7) is 4.98. The van der Waals surface area contributed by atoms with Crippen molar-refractivity contribution in [3.63, 3.8) is 0 Å². The second kappa shape index (κ2) is 6.47. The van der Waals surface area contributed by atoms with Crippen molar-refractivity contribution in [3.05, 3.63) is 57.5 Å². The van der Waals surface area contributed by atoms with Crippen LogP contribution in [0.2, 0.25) is 10.0 Å². The van der Waals surface area contributed by atoms with Gasteiger partial charge >= 0.3 is 0 Å². The van der Waals surface area contributed by atoms with Crippen molar-refractivity contribution in [1.82, 2.24) is 5.32 Å². The van der Waals surface area contributed by atoms with Crippen molar-refractivity contribution in [3.8, 4) is 0 Å². The van der Waals surface area contributed by atoms with Crippen LogP contribution in [-0.4, -0.2) is 6.54 Å². The number of nitrogens with one attached hydrogen (secondary N) is 1. The molecule has 1 aromatic carbocycles. The number of rotatable bonds is 5. The Labute approximate surface area is 123 Å². The molecule has 0 spiro atoms. The summed E-state index contributed by atoms with van der Waals surface area (Å²) in [5, 5.41) is 4.83. The summed E-state index contributed by atoms with van der Waals surface area (Å²) in [5.74, 6) is 0.974. The Morgan fingerprint density at radius 2 is 1.95 bits per heavy atom. The second-order valence-electron chi connectivity index (χ2n) is 4.31. The summed E-state index contributed by atoms with van der Waals surface area (Å²) in [6.07, 6.45) is 2.57. The monoisotopic (exact) mass is 297 g/mol. The molecule has 0 aliphatic rings. The first kappa shape index (κ1) is 14.4. The van der Waals surface area contributed by atoms with Gasteiger partial charge in [0.15, 0.2) is 0 Å². The molecule has 0 saturated carbocycles. The standard InChI is InChI=1S/C15H17Cl2NO/c1-3-14-11(7-8-19-14)15(18-4-2)12-9-10(16)5-6-13(12)17/h5-9,15,18H,3-4H2,1-2H3. The smallest absolute Gasteiger partial charge is 0.108 e. The van der Waals surface area contributed by atoms with Crippen molar-refractivity contribution < 1.29 is 4.42 Å². The Kier molecular flexibility index (Phi) is 4.92. The zero-order valence-corrected chi connectivity index (χ0v) is 12.6. The highest BCUT2D eigenvalue weighted by Gasteiger charge is 2.20. The first-order valence-corrected chi connectivity index (χ1v) is 7.17. The van der Waals surface area contributed by atoms with Crippen LogP contribution < -0.4 is 5.32 Å². The van der Waals surface area contributed by atoms with Gasteiger partial charge in [-0.2, -0.15) is 0 Å². The van der Waals surface area contributed by atoms with Gasteiger partial charge in [0.1, 0.15) is 5.76 Å². The van der Waals surface area contributed by atoms with Gasteiger partial charge < -0.3 is 9.73 Å². The van der Waals surface area contributed by atoms with Gasteiger partial charge in [-0.05, 0) is 36.4 Å². The summed E-state index contributed by atoms with van der Waals surface area (Å²) < 4.78 is 5.52. The fraction of sp³-hybridized carbons (Fsp3) is 0.333. The summed E-state index contributed by atoms with van der Waals surface area (Å²) in [7, 11) is 0. The molecule has 1 aromatic heterocycles. The quantitative estimate of drug-likeness (QED) is 0.853. The van der Waals surface area contributed by atoms with E-state index in [0.29, 0.717) is 10.0 Å². The predicted molar refractivity (Wildman–Crippen MR) is 80.1 cm³/mol. The molecule has 102 valence electrons. The van der Waals surface area contributed by atoms with E-state index in [0.717, 1.165) is 29.9 Å². The second-order valence-corrected chi connectivity index (χ2v) is 5.15.